The zero-order valence-electron chi connectivity index (χ0n) is 12.4. The first-order valence-corrected chi connectivity index (χ1v) is 8.20. The molecule has 1 saturated carbocycles. The number of nitrogens with one attached hydrogen (secondary N) is 1. The second kappa shape index (κ2) is 4.69. The third kappa shape index (κ3) is 2.04. The first-order chi connectivity index (χ1) is 11.2. The van der Waals surface area contributed by atoms with Gasteiger partial charge in [0, 0.05) is 30.9 Å². The number of imidazole rings is 1. The van der Waals surface area contributed by atoms with E-state index in [0.717, 1.165) is 41.3 Å². The van der Waals surface area contributed by atoms with Crippen LogP contribution in [-0.2, 0) is 0 Å². The molecule has 2 unspecified atom stereocenters. The van der Waals surface area contributed by atoms with Gasteiger partial charge in [-0.15, -0.1) is 0 Å². The van der Waals surface area contributed by atoms with E-state index in [-0.39, 0.29) is 0 Å². The van der Waals surface area contributed by atoms with Gasteiger partial charge in [-0.1, -0.05) is 23.7 Å². The normalized spacial score (nSPS) is 25.8. The van der Waals surface area contributed by atoms with E-state index in [9.17, 15) is 0 Å². The predicted molar refractivity (Wildman–Crippen MR) is 91.5 cm³/mol. The Labute approximate surface area is 138 Å². The van der Waals surface area contributed by atoms with Gasteiger partial charge in [0.05, 0.1) is 16.1 Å². The lowest BCUT2D eigenvalue weighted by atomic mass is 10.2. The quantitative estimate of drug-likeness (QED) is 0.760. The van der Waals surface area contributed by atoms with Gasteiger partial charge in [-0.2, -0.15) is 0 Å². The highest BCUT2D eigenvalue weighted by Crippen LogP contribution is 2.45. The van der Waals surface area contributed by atoms with Crippen molar-refractivity contribution in [3.8, 4) is 11.4 Å². The number of para-hydroxylation sites is 2. The Balaban J connectivity index is 1.53. The molecule has 1 aliphatic heterocycles. The maximum Gasteiger partial charge on any atom is 0.140 e. The van der Waals surface area contributed by atoms with Gasteiger partial charge in [0.25, 0.3) is 0 Å². The molecule has 1 aliphatic carbocycles. The first-order valence-electron chi connectivity index (χ1n) is 7.82. The highest BCUT2D eigenvalue weighted by Gasteiger charge is 2.53. The zero-order chi connectivity index (χ0) is 15.6. The van der Waals surface area contributed by atoms with Crippen molar-refractivity contribution >= 4 is 28.5 Å². The monoisotopic (exact) mass is 325 g/mol. The van der Waals surface area contributed by atoms with Gasteiger partial charge >= 0.3 is 0 Å². The molecule has 5 rings (SSSR count). The van der Waals surface area contributed by atoms with E-state index in [0.29, 0.717) is 22.9 Å². The lowest BCUT2D eigenvalue weighted by Gasteiger charge is -2.20. The van der Waals surface area contributed by atoms with Crippen LogP contribution in [0.25, 0.3) is 22.4 Å². The number of nitrogens with zero attached hydrogens (tertiary/aromatic N) is 3. The molecule has 1 saturated heterocycles. The van der Waals surface area contributed by atoms with E-state index in [2.05, 4.69) is 19.9 Å². The molecular formula is C17H16ClN5. The number of anilines is 1. The van der Waals surface area contributed by atoms with E-state index in [4.69, 9.17) is 17.3 Å². The molecule has 3 aromatic rings. The van der Waals surface area contributed by atoms with Crippen LogP contribution in [0, 0.1) is 11.8 Å². The molecular weight excluding hydrogens is 310 g/mol. The van der Waals surface area contributed by atoms with Crippen LogP contribution in [0.1, 0.15) is 0 Å². The number of hydrogen-bond donors (Lipinski definition) is 2. The van der Waals surface area contributed by atoms with E-state index < -0.39 is 0 Å². The van der Waals surface area contributed by atoms with Gasteiger partial charge in [0.2, 0.25) is 0 Å². The Morgan fingerprint density at radius 2 is 2.00 bits per heavy atom. The highest BCUT2D eigenvalue weighted by atomic mass is 35.5. The molecule has 2 fully saturated rings. The second-order valence-electron chi connectivity index (χ2n) is 6.43. The Kier molecular flexibility index (Phi) is 2.72. The number of aromatic nitrogens is 3. The van der Waals surface area contributed by atoms with E-state index in [1.807, 2.05) is 30.3 Å². The van der Waals surface area contributed by atoms with E-state index >= 15 is 0 Å². The fourth-order valence-corrected chi connectivity index (χ4v) is 3.81. The number of fused-ring (bicyclic) bond motifs is 2. The molecule has 0 radical (unpaired) electrons. The molecule has 23 heavy (non-hydrogen) atoms. The number of aromatic amines is 1. The van der Waals surface area contributed by atoms with Crippen LogP contribution < -0.4 is 10.6 Å². The van der Waals surface area contributed by atoms with Gasteiger partial charge < -0.3 is 15.6 Å². The van der Waals surface area contributed by atoms with Gasteiger partial charge in [0.15, 0.2) is 0 Å². The number of hydrogen-bond acceptors (Lipinski definition) is 4. The number of halogens is 1. The Hall–Kier alpha value is -2.11. The molecule has 116 valence electrons. The number of benzene rings is 1. The molecule has 1 aromatic carbocycles. The number of pyridine rings is 1. The summed E-state index contributed by atoms with van der Waals surface area (Å²) in [5.74, 6) is 2.98. The number of H-pyrrole nitrogens is 1. The smallest absolute Gasteiger partial charge is 0.140 e. The van der Waals surface area contributed by atoms with Crippen LogP contribution in [0.15, 0.2) is 36.5 Å². The minimum atomic E-state index is 0.383. The topological polar surface area (TPSA) is 70.8 Å². The second-order valence-corrected chi connectivity index (χ2v) is 6.84. The molecule has 5 nitrogen and oxygen atoms in total. The number of nitrogens with two attached hydrogens (primary N) is 1. The Morgan fingerprint density at radius 1 is 1.22 bits per heavy atom. The van der Waals surface area contributed by atoms with Crippen molar-refractivity contribution in [1.82, 2.24) is 15.0 Å². The molecule has 2 aromatic heterocycles. The van der Waals surface area contributed by atoms with Crippen molar-refractivity contribution in [2.24, 2.45) is 17.6 Å². The summed E-state index contributed by atoms with van der Waals surface area (Å²) in [7, 11) is 0. The molecule has 2 aliphatic rings. The summed E-state index contributed by atoms with van der Waals surface area (Å²) >= 11 is 6.36. The number of piperidine rings is 1. The Morgan fingerprint density at radius 3 is 2.78 bits per heavy atom. The van der Waals surface area contributed by atoms with E-state index in [1.54, 1.807) is 6.20 Å². The summed E-state index contributed by atoms with van der Waals surface area (Å²) < 4.78 is 0. The third-order valence-electron chi connectivity index (χ3n) is 5.07. The molecule has 2 atom stereocenters. The Bertz CT molecular complexity index is 860. The van der Waals surface area contributed by atoms with Crippen molar-refractivity contribution in [2.75, 3.05) is 18.0 Å². The fourth-order valence-electron chi connectivity index (χ4n) is 3.62. The van der Waals surface area contributed by atoms with Crippen LogP contribution >= 0.6 is 11.6 Å². The lowest BCUT2D eigenvalue weighted by Crippen LogP contribution is -2.28. The van der Waals surface area contributed by atoms with E-state index in [1.165, 1.54) is 0 Å². The van der Waals surface area contributed by atoms with Crippen molar-refractivity contribution in [2.45, 2.75) is 6.04 Å². The summed E-state index contributed by atoms with van der Waals surface area (Å²) in [5.41, 5.74) is 8.84. The van der Waals surface area contributed by atoms with Crippen LogP contribution in [0.4, 0.5) is 5.82 Å². The average Bonchev–Trinajstić information content (AvgIpc) is 3.00. The molecule has 0 bridgehead atoms. The summed E-state index contributed by atoms with van der Waals surface area (Å²) in [6.45, 7) is 1.97. The highest BCUT2D eigenvalue weighted by molar-refractivity contribution is 6.33. The summed E-state index contributed by atoms with van der Waals surface area (Å²) in [6, 6.07) is 10.4. The van der Waals surface area contributed by atoms with Crippen molar-refractivity contribution in [1.29, 1.82) is 0 Å². The van der Waals surface area contributed by atoms with Crippen molar-refractivity contribution in [3.63, 3.8) is 0 Å². The third-order valence-corrected chi connectivity index (χ3v) is 5.37. The van der Waals surface area contributed by atoms with Gasteiger partial charge in [0.1, 0.15) is 11.6 Å². The summed E-state index contributed by atoms with van der Waals surface area (Å²) in [5, 5.41) is 0.605. The minimum Gasteiger partial charge on any atom is -0.356 e. The molecule has 0 spiro atoms. The van der Waals surface area contributed by atoms with Crippen molar-refractivity contribution in [3.05, 3.63) is 41.6 Å². The summed E-state index contributed by atoms with van der Waals surface area (Å²) in [4.78, 5) is 14.8. The van der Waals surface area contributed by atoms with Crippen LogP contribution in [0.2, 0.25) is 5.02 Å². The maximum absolute atomic E-state index is 6.36. The molecule has 3 heterocycles. The summed E-state index contributed by atoms with van der Waals surface area (Å²) in [6.07, 6.45) is 1.71. The van der Waals surface area contributed by atoms with Crippen LogP contribution in [-0.4, -0.2) is 34.1 Å². The largest absolute Gasteiger partial charge is 0.356 e. The van der Waals surface area contributed by atoms with Gasteiger partial charge in [-0.25, -0.2) is 9.97 Å². The van der Waals surface area contributed by atoms with Crippen LogP contribution in [0.3, 0.4) is 0 Å². The van der Waals surface area contributed by atoms with Crippen molar-refractivity contribution < 1.29 is 0 Å². The molecule has 6 heteroatoms. The standard InChI is InChI=1S/C17H16ClN5/c18-12-6-20-15(23-7-10-11(8-23)16(10)19)5-9(12)17-21-13-3-1-2-4-14(13)22-17/h1-6,10-11,16H,7-8,19H2,(H,21,22). The minimum absolute atomic E-state index is 0.383. The predicted octanol–water partition coefficient (Wildman–Crippen LogP) is 2.67. The maximum atomic E-state index is 6.36. The average molecular weight is 326 g/mol. The fraction of sp³-hybridized carbons (Fsp3) is 0.294. The van der Waals surface area contributed by atoms with Crippen LogP contribution in [0.5, 0.6) is 0 Å². The first kappa shape index (κ1) is 13.3. The van der Waals surface area contributed by atoms with Gasteiger partial charge in [-0.05, 0) is 30.0 Å². The number of rotatable bonds is 2. The van der Waals surface area contributed by atoms with Gasteiger partial charge in [-0.3, -0.25) is 0 Å². The molecule has 3 N–H and O–H groups in total. The SMILES string of the molecule is NC1C2CN(c3cc(-c4nc5ccccc5[nH]4)c(Cl)cn3)CC12. The molecule has 0 amide bonds. The lowest BCUT2D eigenvalue weighted by molar-refractivity contribution is 0.735. The zero-order valence-corrected chi connectivity index (χ0v) is 13.2.